The Morgan fingerprint density at radius 2 is 1.97 bits per heavy atom. The van der Waals surface area contributed by atoms with Crippen molar-refractivity contribution < 1.29 is 31.5 Å². The summed E-state index contributed by atoms with van der Waals surface area (Å²) < 4.78 is 62.6. The van der Waals surface area contributed by atoms with Crippen LogP contribution in [-0.4, -0.2) is 27.6 Å². The number of halogens is 4. The number of nitrogens with zero attached hydrogens (tertiary/aromatic N) is 2. The van der Waals surface area contributed by atoms with Crippen molar-refractivity contribution in [2.45, 2.75) is 26.1 Å². The van der Waals surface area contributed by atoms with Gasteiger partial charge in [-0.3, -0.25) is 9.59 Å². The second kappa shape index (κ2) is 9.68. The third-order valence-electron chi connectivity index (χ3n) is 5.15. The first-order valence-electron chi connectivity index (χ1n) is 10.6. The molecule has 0 spiro atoms. The maximum atomic E-state index is 14.8. The molecule has 0 saturated heterocycles. The molecule has 2 aromatic carbocycles. The van der Waals surface area contributed by atoms with Crippen LogP contribution in [0.5, 0.6) is 5.75 Å². The highest BCUT2D eigenvalue weighted by Crippen LogP contribution is 2.34. The zero-order chi connectivity index (χ0) is 26.0. The Kier molecular flexibility index (Phi) is 6.64. The van der Waals surface area contributed by atoms with Crippen molar-refractivity contribution in [2.24, 2.45) is 0 Å². The highest BCUT2D eigenvalue weighted by Gasteiger charge is 2.38. The number of anilines is 1. The molecular formula is C23H19F4N5O4. The number of hydrogen-bond acceptors (Lipinski definition) is 7. The molecule has 188 valence electrons. The van der Waals surface area contributed by atoms with Gasteiger partial charge in [-0.05, 0) is 24.6 Å². The monoisotopic (exact) mass is 505 g/mol. The predicted octanol–water partition coefficient (Wildman–Crippen LogP) is 4.04. The molecule has 4 aromatic rings. The van der Waals surface area contributed by atoms with Crippen LogP contribution in [0, 0.1) is 5.82 Å². The number of H-pyrrole nitrogens is 1. The summed E-state index contributed by atoms with van der Waals surface area (Å²) in [7, 11) is 0. The molecule has 1 amide bonds. The fourth-order valence-electron chi connectivity index (χ4n) is 3.49. The van der Waals surface area contributed by atoms with Gasteiger partial charge in [0.15, 0.2) is 6.61 Å². The van der Waals surface area contributed by atoms with E-state index in [0.717, 1.165) is 6.07 Å². The number of carbonyl (C=O) groups excluding carboxylic acids is 1. The smallest absolute Gasteiger partial charge is 0.470 e. The lowest BCUT2D eigenvalue weighted by atomic mass is 9.99. The van der Waals surface area contributed by atoms with E-state index < -0.39 is 41.8 Å². The number of alkyl halides is 3. The SMILES string of the molecule is CCCNC(=O)c1c(N)c2cccc(-c3cc(OCc4nnc(C(F)(F)F)o4)ccc3F)c2[nH]c1=O. The summed E-state index contributed by atoms with van der Waals surface area (Å²) in [6.45, 7) is 1.72. The number of benzene rings is 2. The molecule has 0 saturated carbocycles. The molecule has 0 radical (unpaired) electrons. The summed E-state index contributed by atoms with van der Waals surface area (Å²) in [5.74, 6) is -3.15. The Morgan fingerprint density at radius 3 is 2.67 bits per heavy atom. The molecule has 36 heavy (non-hydrogen) atoms. The van der Waals surface area contributed by atoms with Crippen molar-refractivity contribution in [1.82, 2.24) is 20.5 Å². The number of rotatable bonds is 7. The van der Waals surface area contributed by atoms with Crippen molar-refractivity contribution in [3.8, 4) is 16.9 Å². The Morgan fingerprint density at radius 1 is 1.19 bits per heavy atom. The molecule has 0 bridgehead atoms. The number of aromatic nitrogens is 3. The summed E-state index contributed by atoms with van der Waals surface area (Å²) in [5, 5.41) is 9.11. The minimum absolute atomic E-state index is 0.0119. The second-order valence-corrected chi connectivity index (χ2v) is 7.66. The Balaban J connectivity index is 1.69. The van der Waals surface area contributed by atoms with E-state index in [2.05, 4.69) is 24.9 Å². The summed E-state index contributed by atoms with van der Waals surface area (Å²) in [4.78, 5) is 27.7. The van der Waals surface area contributed by atoms with E-state index in [1.165, 1.54) is 18.2 Å². The van der Waals surface area contributed by atoms with Crippen LogP contribution in [0.3, 0.4) is 0 Å². The van der Waals surface area contributed by atoms with Crippen LogP contribution < -0.4 is 21.3 Å². The van der Waals surface area contributed by atoms with Crippen LogP contribution in [0.4, 0.5) is 23.2 Å². The van der Waals surface area contributed by atoms with Gasteiger partial charge in [0, 0.05) is 23.1 Å². The zero-order valence-corrected chi connectivity index (χ0v) is 18.7. The van der Waals surface area contributed by atoms with E-state index in [-0.39, 0.29) is 33.6 Å². The Bertz CT molecular complexity index is 1500. The maximum absolute atomic E-state index is 14.8. The molecule has 0 fully saturated rings. The number of nitrogens with one attached hydrogen (secondary N) is 2. The van der Waals surface area contributed by atoms with E-state index >= 15 is 0 Å². The Hall–Kier alpha value is -4.42. The molecule has 0 atom stereocenters. The molecule has 13 heteroatoms. The van der Waals surface area contributed by atoms with Gasteiger partial charge in [0.2, 0.25) is 0 Å². The number of ether oxygens (including phenoxy) is 1. The third kappa shape index (κ3) is 4.85. The van der Waals surface area contributed by atoms with Crippen LogP contribution in [0.25, 0.3) is 22.0 Å². The van der Waals surface area contributed by atoms with Gasteiger partial charge in [-0.15, -0.1) is 10.2 Å². The average Bonchev–Trinajstić information content (AvgIpc) is 3.32. The van der Waals surface area contributed by atoms with Gasteiger partial charge in [-0.25, -0.2) is 4.39 Å². The van der Waals surface area contributed by atoms with Crippen LogP contribution >= 0.6 is 0 Å². The fraction of sp³-hybridized carbons (Fsp3) is 0.217. The van der Waals surface area contributed by atoms with Gasteiger partial charge < -0.3 is 25.2 Å². The largest absolute Gasteiger partial charge is 0.484 e. The van der Waals surface area contributed by atoms with Gasteiger partial charge in [0.1, 0.15) is 17.1 Å². The number of nitrogens with two attached hydrogens (primary N) is 1. The second-order valence-electron chi connectivity index (χ2n) is 7.66. The molecule has 9 nitrogen and oxygen atoms in total. The van der Waals surface area contributed by atoms with Gasteiger partial charge in [-0.1, -0.05) is 25.1 Å². The lowest BCUT2D eigenvalue weighted by Crippen LogP contribution is -2.31. The van der Waals surface area contributed by atoms with Gasteiger partial charge in [0.25, 0.3) is 17.4 Å². The van der Waals surface area contributed by atoms with Crippen LogP contribution in [0.2, 0.25) is 0 Å². The number of amides is 1. The molecule has 2 heterocycles. The predicted molar refractivity (Wildman–Crippen MR) is 121 cm³/mol. The van der Waals surface area contributed by atoms with Crippen molar-refractivity contribution in [3.05, 3.63) is 69.9 Å². The van der Waals surface area contributed by atoms with Gasteiger partial charge in [-0.2, -0.15) is 13.2 Å². The van der Waals surface area contributed by atoms with Crippen molar-refractivity contribution in [3.63, 3.8) is 0 Å². The van der Waals surface area contributed by atoms with E-state index in [4.69, 9.17) is 10.5 Å². The summed E-state index contributed by atoms with van der Waals surface area (Å²) >= 11 is 0. The summed E-state index contributed by atoms with van der Waals surface area (Å²) in [6, 6.07) is 8.33. The van der Waals surface area contributed by atoms with E-state index in [0.29, 0.717) is 18.4 Å². The first-order chi connectivity index (χ1) is 17.1. The third-order valence-corrected chi connectivity index (χ3v) is 5.15. The molecule has 0 aliphatic rings. The van der Waals surface area contributed by atoms with Gasteiger partial charge >= 0.3 is 12.1 Å². The topological polar surface area (TPSA) is 136 Å². The number of aromatic amines is 1. The summed E-state index contributed by atoms with van der Waals surface area (Å²) in [6.07, 6.45) is -4.13. The highest BCUT2D eigenvalue weighted by molar-refractivity contribution is 6.08. The van der Waals surface area contributed by atoms with Crippen LogP contribution in [0.1, 0.15) is 35.5 Å². The molecule has 0 aliphatic carbocycles. The van der Waals surface area contributed by atoms with Crippen LogP contribution in [0.15, 0.2) is 45.6 Å². The van der Waals surface area contributed by atoms with E-state index in [1.807, 2.05) is 6.92 Å². The quantitative estimate of drug-likeness (QED) is 0.323. The van der Waals surface area contributed by atoms with Crippen molar-refractivity contribution in [2.75, 3.05) is 12.3 Å². The number of para-hydroxylation sites is 1. The van der Waals surface area contributed by atoms with E-state index in [1.54, 1.807) is 12.1 Å². The minimum atomic E-state index is -4.79. The standard InChI is InChI=1S/C23H19F4N5O4/c1-2-8-29-20(33)17-18(28)13-5-3-4-12(19(13)30-21(17)34)14-9-11(6-7-15(14)24)35-10-16-31-32-22(36-16)23(25,26)27/h3-7,9H,2,8,10H2,1H3,(H,29,33)(H3,28,30,34). The first-order valence-corrected chi connectivity index (χ1v) is 10.6. The molecule has 0 unspecified atom stereocenters. The molecule has 4 rings (SSSR count). The van der Waals surface area contributed by atoms with E-state index in [9.17, 15) is 27.2 Å². The number of carbonyl (C=O) groups is 1. The van der Waals surface area contributed by atoms with Crippen molar-refractivity contribution in [1.29, 1.82) is 0 Å². The number of fused-ring (bicyclic) bond motifs is 1. The molecule has 4 N–H and O–H groups in total. The van der Waals surface area contributed by atoms with Crippen LogP contribution in [-0.2, 0) is 12.8 Å². The molecular weight excluding hydrogens is 486 g/mol. The van der Waals surface area contributed by atoms with Crippen molar-refractivity contribution >= 4 is 22.5 Å². The summed E-state index contributed by atoms with van der Waals surface area (Å²) in [5.41, 5.74) is 5.55. The first kappa shape index (κ1) is 24.7. The zero-order valence-electron chi connectivity index (χ0n) is 18.7. The normalized spacial score (nSPS) is 11.6. The lowest BCUT2D eigenvalue weighted by molar-refractivity contribution is -0.157. The molecule has 2 aromatic heterocycles. The highest BCUT2D eigenvalue weighted by atomic mass is 19.4. The number of nitrogen functional groups attached to an aromatic ring is 1. The molecule has 0 aliphatic heterocycles. The number of pyridine rings is 1. The van der Waals surface area contributed by atoms with Gasteiger partial charge in [0.05, 0.1) is 11.2 Å². The lowest BCUT2D eigenvalue weighted by Gasteiger charge is -2.13. The Labute approximate surface area is 200 Å². The minimum Gasteiger partial charge on any atom is -0.484 e. The fourth-order valence-corrected chi connectivity index (χ4v) is 3.49. The maximum Gasteiger partial charge on any atom is 0.470 e. The average molecular weight is 505 g/mol. The number of hydrogen-bond donors (Lipinski definition) is 3.